The van der Waals surface area contributed by atoms with Crippen LogP contribution < -0.4 is 5.32 Å². The van der Waals surface area contributed by atoms with Crippen LogP contribution in [-0.2, 0) is 13.1 Å². The van der Waals surface area contributed by atoms with Crippen molar-refractivity contribution in [1.29, 1.82) is 0 Å². The van der Waals surface area contributed by atoms with E-state index in [1.807, 2.05) is 34.9 Å². The van der Waals surface area contributed by atoms with Crippen LogP contribution in [-0.4, -0.2) is 15.5 Å². The monoisotopic (exact) mass is 427 g/mol. The van der Waals surface area contributed by atoms with Gasteiger partial charge in [-0.05, 0) is 42.0 Å². The average molecular weight is 428 g/mol. The third-order valence-corrected chi connectivity index (χ3v) is 5.19. The number of imidazole rings is 1. The molecule has 0 saturated heterocycles. The molecule has 3 aromatic carbocycles. The summed E-state index contributed by atoms with van der Waals surface area (Å²) in [5, 5.41) is 3.86. The van der Waals surface area contributed by atoms with Crippen molar-refractivity contribution < 1.29 is 9.18 Å². The van der Waals surface area contributed by atoms with Crippen LogP contribution in [0.3, 0.4) is 0 Å². The molecule has 1 heterocycles. The largest absolute Gasteiger partial charge is 0.345 e. The highest BCUT2D eigenvalue weighted by Gasteiger charge is 2.15. The van der Waals surface area contributed by atoms with E-state index < -0.39 is 11.7 Å². The summed E-state index contributed by atoms with van der Waals surface area (Å²) in [6.45, 7) is 0.606. The Balaban J connectivity index is 1.64. The Hall–Kier alpha value is -2.89. The standard InChI is InChI=1S/C22H16Cl2FN3O/c23-15-10-9-14(17(24)11-15)13-28-20-8-4-3-7-19(20)27-21(28)12-26-22(29)16-5-1-2-6-18(16)25/h1-11H,12-13H2,(H,26,29). The predicted octanol–water partition coefficient (Wildman–Crippen LogP) is 5.46. The maximum Gasteiger partial charge on any atom is 0.254 e. The van der Waals surface area contributed by atoms with E-state index in [0.717, 1.165) is 16.6 Å². The van der Waals surface area contributed by atoms with Gasteiger partial charge in [0.25, 0.3) is 5.91 Å². The van der Waals surface area contributed by atoms with Crippen LogP contribution in [0.4, 0.5) is 4.39 Å². The number of fused-ring (bicyclic) bond motifs is 1. The summed E-state index contributed by atoms with van der Waals surface area (Å²) in [6.07, 6.45) is 0. The summed E-state index contributed by atoms with van der Waals surface area (Å²) in [4.78, 5) is 17.0. The fraction of sp³-hybridized carbons (Fsp3) is 0.0909. The molecule has 146 valence electrons. The number of halogens is 3. The first-order chi connectivity index (χ1) is 14.0. The molecule has 1 N–H and O–H groups in total. The third-order valence-electron chi connectivity index (χ3n) is 4.60. The average Bonchev–Trinajstić information content (AvgIpc) is 3.06. The first-order valence-electron chi connectivity index (χ1n) is 8.94. The van der Waals surface area contributed by atoms with E-state index in [-0.39, 0.29) is 12.1 Å². The Bertz CT molecular complexity index is 1210. The summed E-state index contributed by atoms with van der Waals surface area (Å²) < 4.78 is 15.8. The Morgan fingerprint density at radius 3 is 2.59 bits per heavy atom. The molecule has 1 aromatic heterocycles. The van der Waals surface area contributed by atoms with E-state index in [2.05, 4.69) is 10.3 Å². The van der Waals surface area contributed by atoms with Crippen molar-refractivity contribution in [3.8, 4) is 0 Å². The van der Waals surface area contributed by atoms with Gasteiger partial charge in [-0.3, -0.25) is 4.79 Å². The number of benzene rings is 3. The molecule has 0 aliphatic heterocycles. The van der Waals surface area contributed by atoms with Crippen molar-refractivity contribution in [2.45, 2.75) is 13.1 Å². The fourth-order valence-electron chi connectivity index (χ4n) is 3.16. The molecule has 0 radical (unpaired) electrons. The minimum Gasteiger partial charge on any atom is -0.345 e. The number of nitrogens with zero attached hydrogens (tertiary/aromatic N) is 2. The SMILES string of the molecule is O=C(NCc1nc2ccccc2n1Cc1ccc(Cl)cc1Cl)c1ccccc1F. The van der Waals surface area contributed by atoms with E-state index in [4.69, 9.17) is 23.2 Å². The van der Waals surface area contributed by atoms with Crippen LogP contribution in [0, 0.1) is 5.82 Å². The van der Waals surface area contributed by atoms with Crippen LogP contribution >= 0.6 is 23.2 Å². The molecule has 0 bridgehead atoms. The molecule has 0 aliphatic rings. The van der Waals surface area contributed by atoms with Crippen LogP contribution in [0.25, 0.3) is 11.0 Å². The zero-order valence-electron chi connectivity index (χ0n) is 15.2. The second-order valence-electron chi connectivity index (χ2n) is 6.50. The van der Waals surface area contributed by atoms with Crippen LogP contribution in [0.1, 0.15) is 21.7 Å². The Labute approximate surface area is 176 Å². The molecule has 4 nitrogen and oxygen atoms in total. The topological polar surface area (TPSA) is 46.9 Å². The number of hydrogen-bond donors (Lipinski definition) is 1. The van der Waals surface area contributed by atoms with Gasteiger partial charge in [0.05, 0.1) is 29.7 Å². The third kappa shape index (κ3) is 4.11. The van der Waals surface area contributed by atoms with Crippen molar-refractivity contribution in [3.63, 3.8) is 0 Å². The summed E-state index contributed by atoms with van der Waals surface area (Å²) >= 11 is 12.3. The number of nitrogens with one attached hydrogen (secondary N) is 1. The van der Waals surface area contributed by atoms with Gasteiger partial charge in [0.15, 0.2) is 0 Å². The summed E-state index contributed by atoms with van der Waals surface area (Å²) in [5.74, 6) is -0.417. The van der Waals surface area contributed by atoms with Crippen molar-refractivity contribution in [2.24, 2.45) is 0 Å². The highest BCUT2D eigenvalue weighted by atomic mass is 35.5. The van der Waals surface area contributed by atoms with Crippen LogP contribution in [0.2, 0.25) is 10.0 Å². The molecule has 0 spiro atoms. The summed E-state index contributed by atoms with van der Waals surface area (Å²) in [5.41, 5.74) is 2.58. The Kier molecular flexibility index (Phi) is 5.51. The van der Waals surface area contributed by atoms with Crippen molar-refractivity contribution in [2.75, 3.05) is 0 Å². The van der Waals surface area contributed by atoms with E-state index in [9.17, 15) is 9.18 Å². The number of carbonyl (C=O) groups is 1. The number of rotatable bonds is 5. The lowest BCUT2D eigenvalue weighted by Crippen LogP contribution is -2.25. The molecule has 29 heavy (non-hydrogen) atoms. The van der Waals surface area contributed by atoms with Gasteiger partial charge < -0.3 is 9.88 Å². The molecule has 0 unspecified atom stereocenters. The van der Waals surface area contributed by atoms with Gasteiger partial charge in [-0.15, -0.1) is 0 Å². The molecule has 7 heteroatoms. The quantitative estimate of drug-likeness (QED) is 0.459. The highest BCUT2D eigenvalue weighted by molar-refractivity contribution is 6.35. The zero-order valence-corrected chi connectivity index (χ0v) is 16.7. The molecule has 4 aromatic rings. The van der Waals surface area contributed by atoms with E-state index in [1.54, 1.807) is 24.3 Å². The molecule has 0 fully saturated rings. The maximum atomic E-state index is 13.9. The van der Waals surface area contributed by atoms with E-state index >= 15 is 0 Å². The Morgan fingerprint density at radius 2 is 1.79 bits per heavy atom. The summed E-state index contributed by atoms with van der Waals surface area (Å²) in [7, 11) is 0. The van der Waals surface area contributed by atoms with Crippen molar-refractivity contribution in [3.05, 3.63) is 99.5 Å². The van der Waals surface area contributed by atoms with Gasteiger partial charge in [0.2, 0.25) is 0 Å². The molecule has 1 amide bonds. The van der Waals surface area contributed by atoms with Gasteiger partial charge in [-0.2, -0.15) is 0 Å². The van der Waals surface area contributed by atoms with Crippen molar-refractivity contribution >= 4 is 40.1 Å². The molecule has 0 aliphatic carbocycles. The lowest BCUT2D eigenvalue weighted by Gasteiger charge is -2.12. The van der Waals surface area contributed by atoms with Crippen LogP contribution in [0.5, 0.6) is 0 Å². The lowest BCUT2D eigenvalue weighted by molar-refractivity contribution is 0.0945. The second-order valence-corrected chi connectivity index (χ2v) is 7.34. The van der Waals surface area contributed by atoms with Gasteiger partial charge >= 0.3 is 0 Å². The van der Waals surface area contributed by atoms with E-state index in [0.29, 0.717) is 22.4 Å². The minimum atomic E-state index is -0.563. The zero-order chi connectivity index (χ0) is 20.4. The smallest absolute Gasteiger partial charge is 0.254 e. The van der Waals surface area contributed by atoms with Gasteiger partial charge in [0, 0.05) is 10.0 Å². The van der Waals surface area contributed by atoms with E-state index in [1.165, 1.54) is 12.1 Å². The molecule has 4 rings (SSSR count). The molecular formula is C22H16Cl2FN3O. The number of hydrogen-bond acceptors (Lipinski definition) is 2. The normalized spacial score (nSPS) is 11.0. The summed E-state index contributed by atoms with van der Waals surface area (Å²) in [6, 6.07) is 18.9. The van der Waals surface area contributed by atoms with Gasteiger partial charge in [-0.25, -0.2) is 9.37 Å². The maximum absolute atomic E-state index is 13.9. The van der Waals surface area contributed by atoms with Crippen molar-refractivity contribution in [1.82, 2.24) is 14.9 Å². The number of carbonyl (C=O) groups excluding carboxylic acids is 1. The Morgan fingerprint density at radius 1 is 1.03 bits per heavy atom. The van der Waals surface area contributed by atoms with Crippen LogP contribution in [0.15, 0.2) is 66.7 Å². The molecule has 0 saturated carbocycles. The molecule has 0 atom stereocenters. The second kappa shape index (κ2) is 8.23. The fourth-order valence-corrected chi connectivity index (χ4v) is 3.63. The predicted molar refractivity (Wildman–Crippen MR) is 113 cm³/mol. The molecular weight excluding hydrogens is 412 g/mol. The first-order valence-corrected chi connectivity index (χ1v) is 9.69. The minimum absolute atomic E-state index is 0.00379. The van der Waals surface area contributed by atoms with Gasteiger partial charge in [0.1, 0.15) is 11.6 Å². The number of amides is 1. The number of aromatic nitrogens is 2. The number of para-hydroxylation sites is 2. The van der Waals surface area contributed by atoms with Gasteiger partial charge in [-0.1, -0.05) is 53.5 Å². The first kappa shape index (κ1) is 19.4. The lowest BCUT2D eigenvalue weighted by atomic mass is 10.2. The highest BCUT2D eigenvalue weighted by Crippen LogP contribution is 2.24.